The highest BCUT2D eigenvalue weighted by Gasteiger charge is 2.07. The van der Waals surface area contributed by atoms with Gasteiger partial charge in [-0.3, -0.25) is 20.4 Å². The molecular formula is C17H18N2O3. The quantitative estimate of drug-likeness (QED) is 0.831. The van der Waals surface area contributed by atoms with Crippen LogP contribution in [0.3, 0.4) is 0 Å². The molecule has 2 aromatic carbocycles. The Bertz CT molecular complexity index is 624. The van der Waals surface area contributed by atoms with Crippen molar-refractivity contribution in [2.24, 2.45) is 0 Å². The molecule has 5 nitrogen and oxygen atoms in total. The van der Waals surface area contributed by atoms with Crippen molar-refractivity contribution in [3.63, 3.8) is 0 Å². The smallest absolute Gasteiger partial charge is 0.269 e. The summed E-state index contributed by atoms with van der Waals surface area (Å²) >= 11 is 0. The minimum atomic E-state index is -0.392. The van der Waals surface area contributed by atoms with Crippen LogP contribution in [0.15, 0.2) is 54.6 Å². The molecule has 2 rings (SSSR count). The molecule has 0 radical (unpaired) electrons. The maximum atomic E-state index is 11.9. The van der Waals surface area contributed by atoms with Crippen LogP contribution in [0.2, 0.25) is 0 Å². The number of rotatable bonds is 5. The average Bonchev–Trinajstić information content (AvgIpc) is 2.58. The van der Waals surface area contributed by atoms with Crippen LogP contribution in [0.4, 0.5) is 0 Å². The lowest BCUT2D eigenvalue weighted by Crippen LogP contribution is -2.43. The Kier molecular flexibility index (Phi) is 5.68. The highest BCUT2D eigenvalue weighted by atomic mass is 16.5. The number of hydrogen-bond acceptors (Lipinski definition) is 3. The number of carbonyl (C=O) groups excluding carboxylic acids is 2. The number of carbonyl (C=O) groups is 2. The maximum absolute atomic E-state index is 11.9. The molecule has 22 heavy (non-hydrogen) atoms. The molecule has 0 aromatic heterocycles. The molecule has 5 heteroatoms. The highest BCUT2D eigenvalue weighted by molar-refractivity contribution is 5.95. The van der Waals surface area contributed by atoms with Crippen LogP contribution >= 0.6 is 0 Å². The predicted molar refractivity (Wildman–Crippen MR) is 84.0 cm³/mol. The van der Waals surface area contributed by atoms with Gasteiger partial charge in [-0.05, 0) is 30.2 Å². The molecule has 0 saturated heterocycles. The van der Waals surface area contributed by atoms with E-state index in [0.29, 0.717) is 12.2 Å². The third-order valence-corrected chi connectivity index (χ3v) is 3.01. The minimum Gasteiger partial charge on any atom is -0.372 e. The maximum Gasteiger partial charge on any atom is 0.269 e. The summed E-state index contributed by atoms with van der Waals surface area (Å²) in [5, 5.41) is 0. The van der Waals surface area contributed by atoms with Crippen molar-refractivity contribution in [2.75, 3.05) is 13.2 Å². The van der Waals surface area contributed by atoms with Gasteiger partial charge in [0.05, 0.1) is 0 Å². The molecule has 0 aliphatic rings. The van der Waals surface area contributed by atoms with E-state index in [1.165, 1.54) is 0 Å². The van der Waals surface area contributed by atoms with Gasteiger partial charge in [-0.25, -0.2) is 0 Å². The summed E-state index contributed by atoms with van der Waals surface area (Å²) in [7, 11) is 0. The molecule has 0 unspecified atom stereocenters. The Labute approximate surface area is 129 Å². The third-order valence-electron chi connectivity index (χ3n) is 3.01. The van der Waals surface area contributed by atoms with E-state index in [4.69, 9.17) is 4.74 Å². The first-order valence-electron chi connectivity index (χ1n) is 7.03. The van der Waals surface area contributed by atoms with Crippen molar-refractivity contribution in [2.45, 2.75) is 6.92 Å². The average molecular weight is 298 g/mol. The van der Waals surface area contributed by atoms with Gasteiger partial charge in [0.15, 0.2) is 0 Å². The summed E-state index contributed by atoms with van der Waals surface area (Å²) in [5.74, 6) is -0.763. The number of amides is 2. The van der Waals surface area contributed by atoms with Crippen LogP contribution in [0, 0.1) is 0 Å². The van der Waals surface area contributed by atoms with Gasteiger partial charge in [-0.1, -0.05) is 42.5 Å². The molecule has 2 N–H and O–H groups in total. The Morgan fingerprint density at radius 1 is 0.909 bits per heavy atom. The Balaban J connectivity index is 1.93. The molecule has 0 spiro atoms. The lowest BCUT2D eigenvalue weighted by molar-refractivity contribution is -0.126. The summed E-state index contributed by atoms with van der Waals surface area (Å²) in [6.07, 6.45) is 0. The summed E-state index contributed by atoms with van der Waals surface area (Å²) in [6, 6.07) is 17.0. The molecule has 114 valence electrons. The van der Waals surface area contributed by atoms with E-state index in [0.717, 1.165) is 11.1 Å². The summed E-state index contributed by atoms with van der Waals surface area (Å²) < 4.78 is 4.93. The lowest BCUT2D eigenvalue weighted by Gasteiger charge is -2.08. The SMILES string of the molecule is CCOCC(=O)NNC(=O)c1ccc(-c2ccccc2)cc1. The molecule has 0 atom stereocenters. The molecule has 0 saturated carbocycles. The summed E-state index contributed by atoms with van der Waals surface area (Å²) in [4.78, 5) is 23.2. The number of hydrazine groups is 1. The first-order chi connectivity index (χ1) is 10.7. The molecular weight excluding hydrogens is 280 g/mol. The standard InChI is InChI=1S/C17H18N2O3/c1-2-22-12-16(20)18-19-17(21)15-10-8-14(9-11-15)13-6-4-3-5-7-13/h3-11H,2,12H2,1H3,(H,18,20)(H,19,21). The fourth-order valence-electron chi connectivity index (χ4n) is 1.87. The van der Waals surface area contributed by atoms with Gasteiger partial charge in [-0.15, -0.1) is 0 Å². The molecule has 2 amide bonds. The fourth-order valence-corrected chi connectivity index (χ4v) is 1.87. The Morgan fingerprint density at radius 2 is 1.55 bits per heavy atom. The summed E-state index contributed by atoms with van der Waals surface area (Å²) in [6.45, 7) is 2.16. The normalized spacial score (nSPS) is 10.0. The van der Waals surface area contributed by atoms with E-state index in [1.807, 2.05) is 42.5 Å². The van der Waals surface area contributed by atoms with Gasteiger partial charge < -0.3 is 4.74 Å². The van der Waals surface area contributed by atoms with Crippen LogP contribution in [0.1, 0.15) is 17.3 Å². The van der Waals surface area contributed by atoms with Crippen molar-refractivity contribution in [3.8, 4) is 11.1 Å². The molecule has 0 aliphatic heterocycles. The van der Waals surface area contributed by atoms with Crippen LogP contribution < -0.4 is 10.9 Å². The zero-order chi connectivity index (χ0) is 15.8. The minimum absolute atomic E-state index is 0.0796. The lowest BCUT2D eigenvalue weighted by atomic mass is 10.0. The first-order valence-corrected chi connectivity index (χ1v) is 7.03. The summed E-state index contributed by atoms with van der Waals surface area (Å²) in [5.41, 5.74) is 7.22. The van der Waals surface area contributed by atoms with Gasteiger partial charge in [0.2, 0.25) is 0 Å². The van der Waals surface area contributed by atoms with Gasteiger partial charge in [0.1, 0.15) is 6.61 Å². The molecule has 2 aromatic rings. The first kappa shape index (κ1) is 15.7. The van der Waals surface area contributed by atoms with Crippen molar-refractivity contribution in [1.29, 1.82) is 0 Å². The molecule has 0 aliphatic carbocycles. The zero-order valence-corrected chi connectivity index (χ0v) is 12.3. The predicted octanol–water partition coefficient (Wildman–Crippen LogP) is 2.15. The molecule has 0 bridgehead atoms. The van der Waals surface area contributed by atoms with Crippen molar-refractivity contribution in [1.82, 2.24) is 10.9 Å². The molecule has 0 heterocycles. The van der Waals surface area contributed by atoms with Crippen LogP contribution in [0.5, 0.6) is 0 Å². The van der Waals surface area contributed by atoms with Crippen LogP contribution in [0.25, 0.3) is 11.1 Å². The topological polar surface area (TPSA) is 67.4 Å². The van der Waals surface area contributed by atoms with Crippen molar-refractivity contribution in [3.05, 3.63) is 60.2 Å². The number of ether oxygens (including phenoxy) is 1. The van der Waals surface area contributed by atoms with Crippen LogP contribution in [-0.4, -0.2) is 25.0 Å². The highest BCUT2D eigenvalue weighted by Crippen LogP contribution is 2.19. The second-order valence-electron chi connectivity index (χ2n) is 4.58. The largest absolute Gasteiger partial charge is 0.372 e. The monoisotopic (exact) mass is 298 g/mol. The van der Waals surface area contributed by atoms with Gasteiger partial charge in [-0.2, -0.15) is 0 Å². The number of hydrogen-bond donors (Lipinski definition) is 2. The van der Waals surface area contributed by atoms with E-state index >= 15 is 0 Å². The van der Waals surface area contributed by atoms with Crippen LogP contribution in [-0.2, 0) is 9.53 Å². The van der Waals surface area contributed by atoms with Crippen molar-refractivity contribution < 1.29 is 14.3 Å². The van der Waals surface area contributed by atoms with E-state index in [9.17, 15) is 9.59 Å². The Hall–Kier alpha value is -2.66. The number of benzene rings is 2. The van der Waals surface area contributed by atoms with E-state index in [1.54, 1.807) is 19.1 Å². The van der Waals surface area contributed by atoms with Crippen molar-refractivity contribution >= 4 is 11.8 Å². The van der Waals surface area contributed by atoms with E-state index in [2.05, 4.69) is 10.9 Å². The van der Waals surface area contributed by atoms with Gasteiger partial charge in [0.25, 0.3) is 11.8 Å². The van der Waals surface area contributed by atoms with E-state index in [-0.39, 0.29) is 12.5 Å². The molecule has 0 fully saturated rings. The van der Waals surface area contributed by atoms with Gasteiger partial charge in [0, 0.05) is 12.2 Å². The van der Waals surface area contributed by atoms with Gasteiger partial charge >= 0.3 is 0 Å². The van der Waals surface area contributed by atoms with E-state index < -0.39 is 5.91 Å². The second kappa shape index (κ2) is 7.95. The zero-order valence-electron chi connectivity index (χ0n) is 12.3. The third kappa shape index (κ3) is 4.43. The second-order valence-corrected chi connectivity index (χ2v) is 4.58. The fraction of sp³-hybridized carbons (Fsp3) is 0.176. The Morgan fingerprint density at radius 3 is 2.18 bits per heavy atom. The number of nitrogens with one attached hydrogen (secondary N) is 2.